The second-order valence-electron chi connectivity index (χ2n) is 12.8. The van der Waals surface area contributed by atoms with Crippen LogP contribution in [0.25, 0.3) is 21.3 Å². The van der Waals surface area contributed by atoms with Gasteiger partial charge in [-0.2, -0.15) is 0 Å². The van der Waals surface area contributed by atoms with Crippen LogP contribution < -0.4 is 10.3 Å². The van der Waals surface area contributed by atoms with Crippen LogP contribution in [0.15, 0.2) is 34.4 Å². The fraction of sp³-hybridized carbons (Fsp3) is 0.471. The standard InChI is InChI=1S/C34H39ClN4O5S/c1-19-14-24(31-30(36-19)26(17-45-31)33(41)42)23-15-21(35)6-9-28(23)44-13-12-39-20(2)37-27-8-7-22(16-25(27)32(39)40)38-11-10-29(43-5)34(3,4)18-38/h6,9,14-15,17,22,29H,7-8,10-13,16,18H2,1-5H3,(H,41,42)/t22-,29-/m1/s1. The molecular weight excluding hydrogens is 612 g/mol. The van der Waals surface area contributed by atoms with Gasteiger partial charge in [-0.15, -0.1) is 11.3 Å². The number of methoxy groups -OCH3 is 1. The average Bonchev–Trinajstić information content (AvgIpc) is 3.42. The normalized spacial score (nSPS) is 19.9. The molecular formula is C34H39ClN4O5S. The maximum Gasteiger partial charge on any atom is 0.338 e. The van der Waals surface area contributed by atoms with Crippen LogP contribution in [0.1, 0.15) is 59.8 Å². The molecule has 1 aliphatic carbocycles. The number of carbonyl (C=O) groups is 1. The largest absolute Gasteiger partial charge is 0.491 e. The fourth-order valence-electron chi connectivity index (χ4n) is 7.09. The van der Waals surface area contributed by atoms with E-state index >= 15 is 0 Å². The van der Waals surface area contributed by atoms with Crippen LogP contribution in [0.5, 0.6) is 5.75 Å². The summed E-state index contributed by atoms with van der Waals surface area (Å²) < 4.78 is 14.5. The Morgan fingerprint density at radius 2 is 1.98 bits per heavy atom. The zero-order valence-electron chi connectivity index (χ0n) is 26.4. The number of piperidine rings is 1. The van der Waals surface area contributed by atoms with Gasteiger partial charge >= 0.3 is 5.97 Å². The molecule has 3 aromatic heterocycles. The third-order valence-corrected chi connectivity index (χ3v) is 10.6. The molecule has 1 N–H and O–H groups in total. The Morgan fingerprint density at radius 3 is 2.71 bits per heavy atom. The number of hydrogen-bond acceptors (Lipinski definition) is 8. The number of carboxylic acid groups (broad SMARTS) is 1. The van der Waals surface area contributed by atoms with E-state index in [0.29, 0.717) is 46.8 Å². The van der Waals surface area contributed by atoms with Crippen molar-refractivity contribution in [1.29, 1.82) is 0 Å². The number of halogens is 1. The first kappa shape index (κ1) is 31.7. The molecule has 2 aliphatic rings. The van der Waals surface area contributed by atoms with Crippen molar-refractivity contribution in [3.8, 4) is 16.9 Å². The number of carboxylic acids is 1. The van der Waals surface area contributed by atoms with Crippen molar-refractivity contribution in [2.45, 2.75) is 72.1 Å². The highest BCUT2D eigenvalue weighted by atomic mass is 35.5. The van der Waals surface area contributed by atoms with Gasteiger partial charge in [-0.1, -0.05) is 25.4 Å². The third-order valence-electron chi connectivity index (χ3n) is 9.34. The minimum absolute atomic E-state index is 0.0134. The number of aromatic nitrogens is 3. The average molecular weight is 651 g/mol. The number of hydrogen-bond donors (Lipinski definition) is 1. The predicted molar refractivity (Wildman–Crippen MR) is 177 cm³/mol. The Morgan fingerprint density at radius 1 is 1.18 bits per heavy atom. The number of thiophene rings is 1. The van der Waals surface area contributed by atoms with Crippen molar-refractivity contribution in [2.24, 2.45) is 5.41 Å². The predicted octanol–water partition coefficient (Wildman–Crippen LogP) is 6.17. The molecule has 238 valence electrons. The Kier molecular flexibility index (Phi) is 8.78. The van der Waals surface area contributed by atoms with Gasteiger partial charge in [0, 0.05) is 64.4 Å². The molecule has 6 rings (SSSR count). The lowest BCUT2D eigenvalue weighted by molar-refractivity contribution is -0.0630. The van der Waals surface area contributed by atoms with E-state index in [1.165, 1.54) is 11.3 Å². The SMILES string of the molecule is CO[C@@H]1CCN([C@@H]2CCc3nc(C)n(CCOc4ccc(Cl)cc4-c4cc(C)nc5c(C(=O)O)csc45)c(=O)c3C2)CC1(C)C. The summed E-state index contributed by atoms with van der Waals surface area (Å²) in [5.41, 5.74) is 4.66. The van der Waals surface area contributed by atoms with Gasteiger partial charge in [-0.25, -0.2) is 9.78 Å². The third kappa shape index (κ3) is 6.13. The van der Waals surface area contributed by atoms with Gasteiger partial charge in [0.05, 0.1) is 34.1 Å². The molecule has 0 radical (unpaired) electrons. The Hall–Kier alpha value is -3.31. The number of rotatable bonds is 8. The first-order chi connectivity index (χ1) is 21.5. The molecule has 4 heterocycles. The highest BCUT2D eigenvalue weighted by molar-refractivity contribution is 7.18. The molecule has 0 saturated carbocycles. The van der Waals surface area contributed by atoms with E-state index in [4.69, 9.17) is 26.1 Å². The van der Waals surface area contributed by atoms with E-state index in [9.17, 15) is 14.7 Å². The van der Waals surface area contributed by atoms with Crippen LogP contribution in [0.2, 0.25) is 5.02 Å². The molecule has 0 bridgehead atoms. The molecule has 1 aliphatic heterocycles. The number of ether oxygens (including phenoxy) is 2. The summed E-state index contributed by atoms with van der Waals surface area (Å²) in [6.45, 7) is 10.8. The van der Waals surface area contributed by atoms with Gasteiger partial charge in [0.15, 0.2) is 0 Å². The maximum absolute atomic E-state index is 13.9. The van der Waals surface area contributed by atoms with Gasteiger partial charge in [0.1, 0.15) is 18.2 Å². The van der Waals surface area contributed by atoms with Crippen molar-refractivity contribution in [3.63, 3.8) is 0 Å². The van der Waals surface area contributed by atoms with Crippen molar-refractivity contribution in [3.05, 3.63) is 73.4 Å². The Labute approximate surface area is 271 Å². The first-order valence-electron chi connectivity index (χ1n) is 15.4. The van der Waals surface area contributed by atoms with E-state index in [1.807, 2.05) is 32.0 Å². The van der Waals surface area contributed by atoms with Gasteiger partial charge < -0.3 is 14.6 Å². The van der Waals surface area contributed by atoms with Crippen LogP contribution in [-0.2, 0) is 24.1 Å². The van der Waals surface area contributed by atoms with Crippen LogP contribution in [0.4, 0.5) is 0 Å². The molecule has 45 heavy (non-hydrogen) atoms. The number of aryl methyl sites for hydroxylation is 3. The Bertz CT molecular complexity index is 1830. The molecule has 2 atom stereocenters. The van der Waals surface area contributed by atoms with Gasteiger partial charge in [-0.05, 0) is 63.8 Å². The van der Waals surface area contributed by atoms with Crippen molar-refractivity contribution in [2.75, 3.05) is 26.8 Å². The summed E-state index contributed by atoms with van der Waals surface area (Å²) in [6, 6.07) is 7.62. The lowest BCUT2D eigenvalue weighted by Crippen LogP contribution is -2.54. The quantitative estimate of drug-likeness (QED) is 0.241. The van der Waals surface area contributed by atoms with Crippen LogP contribution in [0.3, 0.4) is 0 Å². The summed E-state index contributed by atoms with van der Waals surface area (Å²) in [5, 5.41) is 11.8. The number of likely N-dealkylation sites (tertiary alicyclic amines) is 1. The smallest absolute Gasteiger partial charge is 0.338 e. The topological polar surface area (TPSA) is 107 Å². The van der Waals surface area contributed by atoms with Gasteiger partial charge in [0.2, 0.25) is 0 Å². The molecule has 0 amide bonds. The van der Waals surface area contributed by atoms with Crippen LogP contribution in [-0.4, -0.2) is 69.5 Å². The fourth-order valence-corrected chi connectivity index (χ4v) is 8.27. The van der Waals surface area contributed by atoms with Crippen molar-refractivity contribution in [1.82, 2.24) is 19.4 Å². The van der Waals surface area contributed by atoms with Gasteiger partial charge in [-0.3, -0.25) is 19.2 Å². The highest BCUT2D eigenvalue weighted by Crippen LogP contribution is 2.40. The van der Waals surface area contributed by atoms with Crippen molar-refractivity contribution >= 4 is 39.1 Å². The monoisotopic (exact) mass is 650 g/mol. The van der Waals surface area contributed by atoms with Gasteiger partial charge in [0.25, 0.3) is 5.56 Å². The molecule has 0 unspecified atom stereocenters. The van der Waals surface area contributed by atoms with E-state index in [0.717, 1.165) is 59.4 Å². The summed E-state index contributed by atoms with van der Waals surface area (Å²) in [5.74, 6) is 0.263. The van der Waals surface area contributed by atoms with Crippen molar-refractivity contribution < 1.29 is 19.4 Å². The Balaban J connectivity index is 1.23. The summed E-state index contributed by atoms with van der Waals surface area (Å²) in [7, 11) is 1.80. The minimum atomic E-state index is -1.02. The molecule has 0 spiro atoms. The second kappa shape index (κ2) is 12.5. The number of fused-ring (bicyclic) bond motifs is 2. The molecule has 11 heteroatoms. The van der Waals surface area contributed by atoms with Crippen LogP contribution in [0, 0.1) is 19.3 Å². The summed E-state index contributed by atoms with van der Waals surface area (Å²) >= 11 is 7.76. The highest BCUT2D eigenvalue weighted by Gasteiger charge is 2.39. The minimum Gasteiger partial charge on any atom is -0.491 e. The van der Waals surface area contributed by atoms with E-state index < -0.39 is 5.97 Å². The zero-order valence-corrected chi connectivity index (χ0v) is 27.9. The lowest BCUT2D eigenvalue weighted by Gasteiger charge is -2.47. The summed E-state index contributed by atoms with van der Waals surface area (Å²) in [6.07, 6.45) is 3.74. The molecule has 9 nitrogen and oxygen atoms in total. The van der Waals surface area contributed by atoms with E-state index in [1.54, 1.807) is 23.1 Å². The molecule has 4 aromatic rings. The lowest BCUT2D eigenvalue weighted by atomic mass is 9.79. The van der Waals surface area contributed by atoms with E-state index in [2.05, 4.69) is 23.7 Å². The number of benzene rings is 1. The molecule has 1 aromatic carbocycles. The van der Waals surface area contributed by atoms with Crippen LogP contribution >= 0.6 is 22.9 Å². The van der Waals surface area contributed by atoms with E-state index in [-0.39, 0.29) is 29.2 Å². The maximum atomic E-state index is 13.9. The molecule has 1 saturated heterocycles. The number of pyridine rings is 1. The number of aromatic carboxylic acids is 1. The first-order valence-corrected chi connectivity index (χ1v) is 16.6. The second-order valence-corrected chi connectivity index (χ2v) is 14.2. The zero-order chi connectivity index (χ0) is 32.0. The summed E-state index contributed by atoms with van der Waals surface area (Å²) in [4.78, 5) is 37.6. The molecule has 1 fully saturated rings. The number of nitrogens with zero attached hydrogens (tertiary/aromatic N) is 4.